The van der Waals surface area contributed by atoms with Crippen LogP contribution in [0.2, 0.25) is 0 Å². The van der Waals surface area contributed by atoms with E-state index in [0.29, 0.717) is 24.7 Å². The lowest BCUT2D eigenvalue weighted by Crippen LogP contribution is -2.49. The molecule has 1 aromatic heterocycles. The first kappa shape index (κ1) is 18.8. The van der Waals surface area contributed by atoms with E-state index in [1.165, 1.54) is 25.7 Å². The minimum atomic E-state index is 0.000430. The third-order valence-electron chi connectivity index (χ3n) is 6.08. The molecule has 150 valence electrons. The Kier molecular flexibility index (Phi) is 5.50. The topological polar surface area (TPSA) is 63.5 Å². The van der Waals surface area contributed by atoms with Crippen LogP contribution in [0.3, 0.4) is 0 Å². The molecule has 2 aromatic rings. The van der Waals surface area contributed by atoms with Gasteiger partial charge in [-0.3, -0.25) is 4.79 Å². The number of rotatable bonds is 5. The highest BCUT2D eigenvalue weighted by Gasteiger charge is 2.27. The summed E-state index contributed by atoms with van der Waals surface area (Å²) in [5.41, 5.74) is 2.53. The van der Waals surface area contributed by atoms with Gasteiger partial charge in [-0.1, -0.05) is 24.1 Å². The van der Waals surface area contributed by atoms with Crippen molar-refractivity contribution in [2.75, 3.05) is 38.2 Å². The number of hydrogen-bond acceptors (Lipinski definition) is 5. The largest absolute Gasteiger partial charge is 0.497 e. The molecule has 2 heterocycles. The van der Waals surface area contributed by atoms with Crippen molar-refractivity contribution in [3.05, 3.63) is 35.7 Å². The molecule has 1 aliphatic heterocycles. The zero-order valence-corrected chi connectivity index (χ0v) is 16.8. The maximum Gasteiger partial charge on any atom is 0.276 e. The van der Waals surface area contributed by atoms with Gasteiger partial charge in [0.1, 0.15) is 5.75 Å². The third-order valence-corrected chi connectivity index (χ3v) is 6.08. The van der Waals surface area contributed by atoms with Crippen molar-refractivity contribution < 1.29 is 9.53 Å². The highest BCUT2D eigenvalue weighted by molar-refractivity contribution is 5.93. The highest BCUT2D eigenvalue weighted by Crippen LogP contribution is 2.27. The molecule has 28 heavy (non-hydrogen) atoms. The normalized spacial score (nSPS) is 17.9. The Labute approximate surface area is 166 Å². The molecule has 1 aliphatic carbocycles. The van der Waals surface area contributed by atoms with Crippen molar-refractivity contribution in [1.82, 2.24) is 19.9 Å². The predicted molar refractivity (Wildman–Crippen MR) is 108 cm³/mol. The third kappa shape index (κ3) is 3.84. The minimum Gasteiger partial charge on any atom is -0.497 e. The highest BCUT2D eigenvalue weighted by atomic mass is 16.5. The van der Waals surface area contributed by atoms with Gasteiger partial charge in [0.2, 0.25) is 0 Å². The van der Waals surface area contributed by atoms with Crippen LogP contribution in [0.1, 0.15) is 41.9 Å². The number of piperazine rings is 1. The average Bonchev–Trinajstić information content (AvgIpc) is 3.38. The van der Waals surface area contributed by atoms with Crippen LogP contribution in [0.5, 0.6) is 5.75 Å². The molecule has 2 fully saturated rings. The van der Waals surface area contributed by atoms with Gasteiger partial charge in [0.05, 0.1) is 12.8 Å². The van der Waals surface area contributed by atoms with Gasteiger partial charge in [0, 0.05) is 44.5 Å². The van der Waals surface area contributed by atoms with Crippen molar-refractivity contribution in [1.29, 1.82) is 0 Å². The molecule has 0 bridgehead atoms. The van der Waals surface area contributed by atoms with E-state index in [2.05, 4.69) is 21.3 Å². The van der Waals surface area contributed by atoms with E-state index in [0.717, 1.165) is 36.8 Å². The van der Waals surface area contributed by atoms with E-state index < -0.39 is 0 Å². The van der Waals surface area contributed by atoms with Gasteiger partial charge >= 0.3 is 0 Å². The summed E-state index contributed by atoms with van der Waals surface area (Å²) < 4.78 is 7.24. The zero-order valence-electron chi connectivity index (χ0n) is 16.8. The fourth-order valence-electron chi connectivity index (χ4n) is 4.29. The number of carbonyl (C=O) groups excluding carboxylic acids is 1. The molecular weight excluding hydrogens is 354 g/mol. The number of benzene rings is 1. The van der Waals surface area contributed by atoms with Crippen molar-refractivity contribution in [3.8, 4) is 5.75 Å². The number of ether oxygens (including phenoxy) is 1. The molecule has 0 unspecified atom stereocenters. The fraction of sp³-hybridized carbons (Fsp3) is 0.571. The molecule has 0 atom stereocenters. The predicted octanol–water partition coefficient (Wildman–Crippen LogP) is 2.75. The van der Waals surface area contributed by atoms with Crippen molar-refractivity contribution in [3.63, 3.8) is 0 Å². The molecule has 1 amide bonds. The SMILES string of the molecule is COc1cccc(N2CCN(C(=O)c3nnn(CC4CCCC4)c3C)CC2)c1. The number of methoxy groups -OCH3 is 1. The number of nitrogens with zero attached hydrogens (tertiary/aromatic N) is 5. The van der Waals surface area contributed by atoms with E-state index in [9.17, 15) is 4.79 Å². The van der Waals surface area contributed by atoms with Crippen LogP contribution in [0.4, 0.5) is 5.69 Å². The number of amides is 1. The first-order valence-electron chi connectivity index (χ1n) is 10.2. The number of carbonyl (C=O) groups is 1. The molecule has 7 nitrogen and oxygen atoms in total. The zero-order chi connectivity index (χ0) is 19.5. The Balaban J connectivity index is 1.38. The summed E-state index contributed by atoms with van der Waals surface area (Å²) in [6.45, 7) is 5.82. The molecule has 2 aliphatic rings. The van der Waals surface area contributed by atoms with Crippen LogP contribution in [-0.2, 0) is 6.54 Å². The Bertz CT molecular complexity index is 820. The van der Waals surface area contributed by atoms with Crippen LogP contribution in [0.25, 0.3) is 0 Å². The lowest BCUT2D eigenvalue weighted by atomic mass is 10.1. The summed E-state index contributed by atoms with van der Waals surface area (Å²) >= 11 is 0. The molecule has 0 N–H and O–H groups in total. The summed E-state index contributed by atoms with van der Waals surface area (Å²) in [5.74, 6) is 1.53. The Morgan fingerprint density at radius 2 is 1.93 bits per heavy atom. The van der Waals surface area contributed by atoms with E-state index in [-0.39, 0.29) is 5.91 Å². The van der Waals surface area contributed by atoms with E-state index >= 15 is 0 Å². The van der Waals surface area contributed by atoms with Crippen LogP contribution < -0.4 is 9.64 Å². The second-order valence-corrected chi connectivity index (χ2v) is 7.84. The Morgan fingerprint density at radius 1 is 1.18 bits per heavy atom. The molecule has 7 heteroatoms. The van der Waals surface area contributed by atoms with Gasteiger partial charge in [0.15, 0.2) is 5.69 Å². The Hall–Kier alpha value is -2.57. The van der Waals surface area contributed by atoms with Crippen molar-refractivity contribution in [2.45, 2.75) is 39.2 Å². The maximum absolute atomic E-state index is 13.0. The summed E-state index contributed by atoms with van der Waals surface area (Å²) in [6.07, 6.45) is 5.13. The summed E-state index contributed by atoms with van der Waals surface area (Å²) in [5, 5.41) is 8.50. The van der Waals surface area contributed by atoms with Crippen LogP contribution >= 0.6 is 0 Å². The van der Waals surface area contributed by atoms with E-state index in [1.807, 2.05) is 34.7 Å². The first-order valence-corrected chi connectivity index (χ1v) is 10.2. The molecular formula is C21H29N5O2. The summed E-state index contributed by atoms with van der Waals surface area (Å²) in [4.78, 5) is 17.2. The molecule has 1 saturated carbocycles. The van der Waals surface area contributed by atoms with Crippen molar-refractivity contribution in [2.24, 2.45) is 5.92 Å². The Morgan fingerprint density at radius 3 is 2.64 bits per heavy atom. The van der Waals surface area contributed by atoms with Crippen LogP contribution in [0, 0.1) is 12.8 Å². The minimum absolute atomic E-state index is 0.000430. The van der Waals surface area contributed by atoms with Gasteiger partial charge in [-0.2, -0.15) is 0 Å². The van der Waals surface area contributed by atoms with Gasteiger partial charge in [-0.05, 0) is 37.8 Å². The molecule has 0 spiro atoms. The summed E-state index contributed by atoms with van der Waals surface area (Å²) in [7, 11) is 1.68. The molecule has 0 radical (unpaired) electrons. The smallest absolute Gasteiger partial charge is 0.276 e. The van der Waals surface area contributed by atoms with Gasteiger partial charge in [0.25, 0.3) is 5.91 Å². The average molecular weight is 383 g/mol. The lowest BCUT2D eigenvalue weighted by molar-refractivity contribution is 0.0740. The van der Waals surface area contributed by atoms with E-state index in [4.69, 9.17) is 4.74 Å². The maximum atomic E-state index is 13.0. The quantitative estimate of drug-likeness (QED) is 0.794. The van der Waals surface area contributed by atoms with Gasteiger partial charge in [-0.15, -0.1) is 5.10 Å². The second-order valence-electron chi connectivity index (χ2n) is 7.84. The van der Waals surface area contributed by atoms with Gasteiger partial charge < -0.3 is 14.5 Å². The fourth-order valence-corrected chi connectivity index (χ4v) is 4.29. The number of aromatic nitrogens is 3. The molecule has 1 saturated heterocycles. The molecule has 1 aromatic carbocycles. The van der Waals surface area contributed by atoms with Crippen LogP contribution in [0.15, 0.2) is 24.3 Å². The van der Waals surface area contributed by atoms with Gasteiger partial charge in [-0.25, -0.2) is 4.68 Å². The van der Waals surface area contributed by atoms with Crippen LogP contribution in [-0.4, -0.2) is 59.1 Å². The lowest BCUT2D eigenvalue weighted by Gasteiger charge is -2.36. The molecule has 4 rings (SSSR count). The number of hydrogen-bond donors (Lipinski definition) is 0. The van der Waals surface area contributed by atoms with E-state index in [1.54, 1.807) is 7.11 Å². The standard InChI is InChI=1S/C21H29N5O2/c1-16-20(22-23-26(16)15-17-6-3-4-7-17)21(27)25-12-10-24(11-13-25)18-8-5-9-19(14-18)28-2/h5,8-9,14,17H,3-4,6-7,10-13,15H2,1-2H3. The monoisotopic (exact) mass is 383 g/mol. The van der Waals surface area contributed by atoms with Crippen molar-refractivity contribution >= 4 is 11.6 Å². The first-order chi connectivity index (χ1) is 13.7. The second kappa shape index (κ2) is 8.20. The summed E-state index contributed by atoms with van der Waals surface area (Å²) in [6, 6.07) is 8.06. The number of anilines is 1.